The molecule has 0 aliphatic carbocycles. The average molecular weight is 324 g/mol. The highest BCUT2D eigenvalue weighted by atomic mass is 16.5. The molecule has 4 rings (SSSR count). The zero-order valence-corrected chi connectivity index (χ0v) is 13.4. The summed E-state index contributed by atoms with van der Waals surface area (Å²) in [6.07, 6.45) is 3.53. The molecule has 5 heteroatoms. The summed E-state index contributed by atoms with van der Waals surface area (Å²) < 4.78 is 5.57. The summed E-state index contributed by atoms with van der Waals surface area (Å²) in [5.41, 5.74) is 3.97. The van der Waals surface area contributed by atoms with Crippen LogP contribution in [-0.2, 0) is 16.7 Å². The Morgan fingerprint density at radius 3 is 2.71 bits per heavy atom. The van der Waals surface area contributed by atoms with Crippen molar-refractivity contribution in [2.45, 2.75) is 24.8 Å². The number of pyridine rings is 1. The van der Waals surface area contributed by atoms with E-state index < -0.39 is 5.97 Å². The van der Waals surface area contributed by atoms with Crippen LogP contribution in [0.15, 0.2) is 42.6 Å². The van der Waals surface area contributed by atoms with Crippen LogP contribution in [0.1, 0.15) is 34.5 Å². The van der Waals surface area contributed by atoms with Gasteiger partial charge in [-0.3, -0.25) is 4.98 Å². The van der Waals surface area contributed by atoms with Gasteiger partial charge < -0.3 is 14.7 Å². The molecule has 1 aromatic carbocycles. The minimum atomic E-state index is -0.943. The van der Waals surface area contributed by atoms with Gasteiger partial charge in [-0.25, -0.2) is 4.79 Å². The number of aromatic nitrogens is 1. The Morgan fingerprint density at radius 1 is 1.21 bits per heavy atom. The Balaban J connectivity index is 1.61. The molecule has 24 heavy (non-hydrogen) atoms. The Kier molecular flexibility index (Phi) is 3.73. The van der Waals surface area contributed by atoms with Crippen LogP contribution in [0.2, 0.25) is 0 Å². The number of hydrogen-bond donors (Lipinski definition) is 1. The second kappa shape index (κ2) is 5.91. The molecular formula is C19H20N2O3. The number of para-hydroxylation sites is 1. The van der Waals surface area contributed by atoms with E-state index >= 15 is 0 Å². The number of nitrogens with zero attached hydrogens (tertiary/aromatic N) is 2. The van der Waals surface area contributed by atoms with Crippen molar-refractivity contribution in [1.82, 2.24) is 4.98 Å². The van der Waals surface area contributed by atoms with E-state index in [0.29, 0.717) is 6.54 Å². The molecule has 2 aromatic rings. The number of anilines is 1. The predicted molar refractivity (Wildman–Crippen MR) is 90.4 cm³/mol. The highest BCUT2D eigenvalue weighted by Crippen LogP contribution is 2.46. The summed E-state index contributed by atoms with van der Waals surface area (Å²) in [6, 6.07) is 12.0. The number of aromatic carboxylic acids is 1. The van der Waals surface area contributed by atoms with Gasteiger partial charge in [0, 0.05) is 37.1 Å². The van der Waals surface area contributed by atoms with Crippen molar-refractivity contribution in [3.8, 4) is 0 Å². The molecule has 2 aliphatic heterocycles. The number of carboxylic acids is 1. The van der Waals surface area contributed by atoms with Gasteiger partial charge in [0.2, 0.25) is 0 Å². The first-order valence-electron chi connectivity index (χ1n) is 8.28. The number of carbonyl (C=O) groups is 1. The lowest BCUT2D eigenvalue weighted by molar-refractivity contribution is 0.0552. The maximum absolute atomic E-state index is 11.0. The lowest BCUT2D eigenvalue weighted by Crippen LogP contribution is -2.38. The van der Waals surface area contributed by atoms with Gasteiger partial charge in [0.1, 0.15) is 0 Å². The molecule has 1 spiro atoms. The van der Waals surface area contributed by atoms with Gasteiger partial charge in [-0.2, -0.15) is 0 Å². The molecular weight excluding hydrogens is 304 g/mol. The SMILES string of the molecule is O=C(O)c1ccc(CN2CC3(CCOCC3)c3ccccc32)nc1. The molecule has 3 heterocycles. The molecule has 0 atom stereocenters. The fourth-order valence-electron chi connectivity index (χ4n) is 3.90. The Hall–Kier alpha value is -2.40. The average Bonchev–Trinajstić information content (AvgIpc) is 2.90. The van der Waals surface area contributed by atoms with Crippen LogP contribution in [0.5, 0.6) is 0 Å². The van der Waals surface area contributed by atoms with Crippen LogP contribution in [0.3, 0.4) is 0 Å². The van der Waals surface area contributed by atoms with E-state index in [0.717, 1.165) is 38.3 Å². The number of carboxylic acid groups (broad SMARTS) is 1. The molecule has 1 N–H and O–H groups in total. The number of rotatable bonds is 3. The van der Waals surface area contributed by atoms with Crippen LogP contribution in [0, 0.1) is 0 Å². The van der Waals surface area contributed by atoms with Gasteiger partial charge in [-0.15, -0.1) is 0 Å². The minimum absolute atomic E-state index is 0.176. The standard InChI is InChI=1S/C19H20N2O3/c22-18(23)14-5-6-15(20-11-14)12-21-13-19(7-9-24-10-8-19)16-3-1-2-4-17(16)21/h1-6,11H,7-10,12-13H2,(H,22,23). The summed E-state index contributed by atoms with van der Waals surface area (Å²) in [7, 11) is 0. The van der Waals surface area contributed by atoms with Crippen molar-refractivity contribution in [2.75, 3.05) is 24.7 Å². The molecule has 0 radical (unpaired) electrons. The first kappa shape index (κ1) is 15.1. The van der Waals surface area contributed by atoms with Crippen LogP contribution in [0.25, 0.3) is 0 Å². The monoisotopic (exact) mass is 324 g/mol. The smallest absolute Gasteiger partial charge is 0.337 e. The molecule has 5 nitrogen and oxygen atoms in total. The maximum Gasteiger partial charge on any atom is 0.337 e. The Bertz CT molecular complexity index is 751. The van der Waals surface area contributed by atoms with E-state index in [-0.39, 0.29) is 11.0 Å². The summed E-state index contributed by atoms with van der Waals surface area (Å²) in [6.45, 7) is 3.29. The third-order valence-corrected chi connectivity index (χ3v) is 5.18. The van der Waals surface area contributed by atoms with Crippen molar-refractivity contribution in [3.63, 3.8) is 0 Å². The van der Waals surface area contributed by atoms with Crippen LogP contribution >= 0.6 is 0 Å². The highest BCUT2D eigenvalue weighted by molar-refractivity contribution is 5.87. The maximum atomic E-state index is 11.0. The van der Waals surface area contributed by atoms with Crippen molar-refractivity contribution in [2.24, 2.45) is 0 Å². The molecule has 2 aliphatic rings. The zero-order valence-electron chi connectivity index (χ0n) is 13.4. The Labute approximate surface area is 140 Å². The third-order valence-electron chi connectivity index (χ3n) is 5.18. The highest BCUT2D eigenvalue weighted by Gasteiger charge is 2.43. The van der Waals surface area contributed by atoms with Gasteiger partial charge in [-0.05, 0) is 36.6 Å². The van der Waals surface area contributed by atoms with Gasteiger partial charge in [0.25, 0.3) is 0 Å². The van der Waals surface area contributed by atoms with Crippen LogP contribution in [-0.4, -0.2) is 35.8 Å². The van der Waals surface area contributed by atoms with E-state index in [2.05, 4.69) is 34.1 Å². The van der Waals surface area contributed by atoms with Crippen LogP contribution < -0.4 is 4.90 Å². The van der Waals surface area contributed by atoms with E-state index in [1.54, 1.807) is 12.1 Å². The lowest BCUT2D eigenvalue weighted by atomic mass is 9.76. The van der Waals surface area contributed by atoms with Crippen LogP contribution in [0.4, 0.5) is 5.69 Å². The van der Waals surface area contributed by atoms with Crippen molar-refractivity contribution in [1.29, 1.82) is 0 Å². The fraction of sp³-hybridized carbons (Fsp3) is 0.368. The molecule has 0 bridgehead atoms. The van der Waals surface area contributed by atoms with Gasteiger partial charge in [0.05, 0.1) is 17.8 Å². The van der Waals surface area contributed by atoms with E-state index in [9.17, 15) is 4.79 Å². The van der Waals surface area contributed by atoms with Crippen molar-refractivity contribution in [3.05, 3.63) is 59.4 Å². The molecule has 1 aromatic heterocycles. The van der Waals surface area contributed by atoms with E-state index in [4.69, 9.17) is 9.84 Å². The van der Waals surface area contributed by atoms with Gasteiger partial charge in [0.15, 0.2) is 0 Å². The van der Waals surface area contributed by atoms with E-state index in [1.807, 2.05) is 0 Å². The summed E-state index contributed by atoms with van der Waals surface area (Å²) in [5.74, 6) is -0.943. The van der Waals surface area contributed by atoms with Gasteiger partial charge >= 0.3 is 5.97 Å². The van der Waals surface area contributed by atoms with Crippen molar-refractivity contribution < 1.29 is 14.6 Å². The molecule has 1 fully saturated rings. The summed E-state index contributed by atoms with van der Waals surface area (Å²) in [5, 5.41) is 8.99. The quantitative estimate of drug-likeness (QED) is 0.940. The number of benzene rings is 1. The van der Waals surface area contributed by atoms with E-state index in [1.165, 1.54) is 17.4 Å². The first-order chi connectivity index (χ1) is 11.7. The molecule has 0 saturated carbocycles. The number of fused-ring (bicyclic) bond motifs is 2. The normalized spacial score (nSPS) is 18.6. The topological polar surface area (TPSA) is 62.7 Å². The molecule has 124 valence electrons. The van der Waals surface area contributed by atoms with Gasteiger partial charge in [-0.1, -0.05) is 18.2 Å². The second-order valence-corrected chi connectivity index (χ2v) is 6.61. The third kappa shape index (κ3) is 2.55. The fourth-order valence-corrected chi connectivity index (χ4v) is 3.90. The second-order valence-electron chi connectivity index (χ2n) is 6.61. The number of hydrogen-bond acceptors (Lipinski definition) is 4. The summed E-state index contributed by atoms with van der Waals surface area (Å²) >= 11 is 0. The molecule has 0 amide bonds. The zero-order chi connectivity index (χ0) is 16.6. The minimum Gasteiger partial charge on any atom is -0.478 e. The lowest BCUT2D eigenvalue weighted by Gasteiger charge is -2.34. The van der Waals surface area contributed by atoms with Crippen molar-refractivity contribution >= 4 is 11.7 Å². The largest absolute Gasteiger partial charge is 0.478 e. The first-order valence-corrected chi connectivity index (χ1v) is 8.28. The predicted octanol–water partition coefficient (Wildman–Crippen LogP) is 2.85. The molecule has 1 saturated heterocycles. The summed E-state index contributed by atoms with van der Waals surface area (Å²) in [4.78, 5) is 17.6. The molecule has 0 unspecified atom stereocenters. The Morgan fingerprint density at radius 2 is 2.00 bits per heavy atom. The number of ether oxygens (including phenoxy) is 1.